The standard InChI is InChI=1S/C20H29N3O3/c1-26-18-11-5-10-17(13-18)22-20(25)23-12-6-7-15(14-23)19(24)21-16-8-3-2-4-9-16/h5,10-11,13,15-16H,2-4,6-9,12,14H2,1H3,(H,21,24)(H,22,25)/t15-/m0/s1. The van der Waals surface area contributed by atoms with Crippen LogP contribution in [0.4, 0.5) is 10.5 Å². The number of anilines is 1. The van der Waals surface area contributed by atoms with Crippen LogP contribution in [0.2, 0.25) is 0 Å². The molecule has 6 heteroatoms. The highest BCUT2D eigenvalue weighted by Gasteiger charge is 2.29. The zero-order valence-corrected chi connectivity index (χ0v) is 15.5. The summed E-state index contributed by atoms with van der Waals surface area (Å²) in [5.74, 6) is 0.698. The zero-order valence-electron chi connectivity index (χ0n) is 15.5. The van der Waals surface area contributed by atoms with E-state index in [2.05, 4.69) is 10.6 Å². The lowest BCUT2D eigenvalue weighted by Gasteiger charge is -2.33. The average Bonchev–Trinajstić information content (AvgIpc) is 2.69. The van der Waals surface area contributed by atoms with Gasteiger partial charge >= 0.3 is 6.03 Å². The first-order valence-corrected chi connectivity index (χ1v) is 9.66. The van der Waals surface area contributed by atoms with Crippen molar-refractivity contribution in [2.75, 3.05) is 25.5 Å². The molecule has 1 saturated heterocycles. The lowest BCUT2D eigenvalue weighted by molar-refractivity contribution is -0.127. The zero-order chi connectivity index (χ0) is 18.4. The average molecular weight is 359 g/mol. The van der Waals surface area contributed by atoms with Crippen molar-refractivity contribution in [3.8, 4) is 5.75 Å². The van der Waals surface area contributed by atoms with Gasteiger partial charge in [-0.05, 0) is 37.8 Å². The number of hydrogen-bond donors (Lipinski definition) is 2. The molecular weight excluding hydrogens is 330 g/mol. The first-order chi connectivity index (χ1) is 12.7. The van der Waals surface area contributed by atoms with E-state index in [1.165, 1.54) is 19.3 Å². The molecule has 1 aliphatic heterocycles. The number of carbonyl (C=O) groups is 2. The highest BCUT2D eigenvalue weighted by molar-refractivity contribution is 5.90. The van der Waals surface area contributed by atoms with Crippen LogP contribution >= 0.6 is 0 Å². The van der Waals surface area contributed by atoms with Crippen LogP contribution in [-0.4, -0.2) is 43.1 Å². The molecule has 3 rings (SSSR count). The number of hydrogen-bond acceptors (Lipinski definition) is 3. The number of nitrogens with one attached hydrogen (secondary N) is 2. The first kappa shape index (κ1) is 18.5. The molecule has 1 heterocycles. The molecule has 3 amide bonds. The van der Waals surface area contributed by atoms with Crippen LogP contribution in [0, 0.1) is 5.92 Å². The van der Waals surface area contributed by atoms with Crippen LogP contribution in [0.1, 0.15) is 44.9 Å². The highest BCUT2D eigenvalue weighted by Crippen LogP contribution is 2.22. The van der Waals surface area contributed by atoms with E-state index in [0.717, 1.165) is 25.7 Å². The van der Waals surface area contributed by atoms with Gasteiger partial charge in [-0.1, -0.05) is 25.3 Å². The van der Waals surface area contributed by atoms with Gasteiger partial charge in [0.1, 0.15) is 5.75 Å². The summed E-state index contributed by atoms with van der Waals surface area (Å²) >= 11 is 0. The second kappa shape index (κ2) is 8.92. The maximum atomic E-state index is 12.6. The fraction of sp³-hybridized carbons (Fsp3) is 0.600. The molecule has 0 bridgehead atoms. The Morgan fingerprint density at radius 3 is 2.69 bits per heavy atom. The van der Waals surface area contributed by atoms with E-state index in [-0.39, 0.29) is 17.9 Å². The molecule has 6 nitrogen and oxygen atoms in total. The molecule has 1 aromatic carbocycles. The summed E-state index contributed by atoms with van der Waals surface area (Å²) in [4.78, 5) is 26.9. The van der Waals surface area contributed by atoms with Crippen molar-refractivity contribution in [2.24, 2.45) is 5.92 Å². The molecule has 2 fully saturated rings. The molecule has 2 N–H and O–H groups in total. The molecule has 142 valence electrons. The van der Waals surface area contributed by atoms with Gasteiger partial charge in [-0.15, -0.1) is 0 Å². The molecule has 0 radical (unpaired) electrons. The number of rotatable bonds is 4. The largest absolute Gasteiger partial charge is 0.497 e. The summed E-state index contributed by atoms with van der Waals surface area (Å²) in [6, 6.07) is 7.45. The second-order valence-electron chi connectivity index (χ2n) is 7.29. The molecule has 1 aromatic rings. The van der Waals surface area contributed by atoms with Crippen molar-refractivity contribution >= 4 is 17.6 Å². The maximum Gasteiger partial charge on any atom is 0.321 e. The van der Waals surface area contributed by atoms with Crippen molar-refractivity contribution < 1.29 is 14.3 Å². The Bertz CT molecular complexity index is 628. The second-order valence-corrected chi connectivity index (χ2v) is 7.29. The molecular formula is C20H29N3O3. The number of amides is 3. The first-order valence-electron chi connectivity index (χ1n) is 9.66. The Morgan fingerprint density at radius 1 is 1.12 bits per heavy atom. The summed E-state index contributed by atoms with van der Waals surface area (Å²) in [5, 5.41) is 6.10. The third-order valence-electron chi connectivity index (χ3n) is 5.35. The van der Waals surface area contributed by atoms with Gasteiger partial charge in [0.15, 0.2) is 0 Å². The van der Waals surface area contributed by atoms with E-state index in [1.54, 1.807) is 18.1 Å². The molecule has 26 heavy (non-hydrogen) atoms. The van der Waals surface area contributed by atoms with E-state index in [0.29, 0.717) is 30.6 Å². The molecule has 1 atom stereocenters. The number of urea groups is 1. The Labute approximate surface area is 155 Å². The highest BCUT2D eigenvalue weighted by atomic mass is 16.5. The minimum atomic E-state index is -0.159. The van der Waals surface area contributed by atoms with E-state index in [4.69, 9.17) is 4.74 Å². The monoisotopic (exact) mass is 359 g/mol. The quantitative estimate of drug-likeness (QED) is 0.866. The Kier molecular flexibility index (Phi) is 6.36. The Hall–Kier alpha value is -2.24. The van der Waals surface area contributed by atoms with Crippen LogP contribution in [-0.2, 0) is 4.79 Å². The summed E-state index contributed by atoms with van der Waals surface area (Å²) in [6.45, 7) is 1.16. The normalized spacial score (nSPS) is 21.1. The van der Waals surface area contributed by atoms with Crippen molar-refractivity contribution in [3.63, 3.8) is 0 Å². The molecule has 0 unspecified atom stereocenters. The number of benzene rings is 1. The van der Waals surface area contributed by atoms with Crippen molar-refractivity contribution in [2.45, 2.75) is 51.0 Å². The van der Waals surface area contributed by atoms with Gasteiger partial charge in [0.25, 0.3) is 0 Å². The number of nitrogens with zero attached hydrogens (tertiary/aromatic N) is 1. The molecule has 0 aromatic heterocycles. The minimum absolute atomic E-state index is 0.107. The van der Waals surface area contributed by atoms with E-state index in [9.17, 15) is 9.59 Å². The van der Waals surface area contributed by atoms with Gasteiger partial charge in [0.2, 0.25) is 5.91 Å². The van der Waals surface area contributed by atoms with E-state index in [1.807, 2.05) is 18.2 Å². The van der Waals surface area contributed by atoms with Gasteiger partial charge in [0.05, 0.1) is 13.0 Å². The third-order valence-corrected chi connectivity index (χ3v) is 5.35. The molecule has 1 saturated carbocycles. The lowest BCUT2D eigenvalue weighted by Crippen LogP contribution is -2.48. The number of piperidine rings is 1. The van der Waals surface area contributed by atoms with Crippen molar-refractivity contribution in [1.82, 2.24) is 10.2 Å². The maximum absolute atomic E-state index is 12.6. The van der Waals surface area contributed by atoms with Crippen molar-refractivity contribution in [1.29, 1.82) is 0 Å². The smallest absolute Gasteiger partial charge is 0.321 e. The molecule has 2 aliphatic rings. The summed E-state index contributed by atoms with van der Waals surface area (Å²) < 4.78 is 5.18. The Balaban J connectivity index is 1.53. The molecule has 0 spiro atoms. The number of likely N-dealkylation sites (tertiary alicyclic amines) is 1. The molecule has 1 aliphatic carbocycles. The predicted octanol–water partition coefficient (Wildman–Crippen LogP) is 3.39. The number of methoxy groups -OCH3 is 1. The van der Waals surface area contributed by atoms with Gasteiger partial charge < -0.3 is 20.3 Å². The van der Waals surface area contributed by atoms with E-state index < -0.39 is 0 Å². The van der Waals surface area contributed by atoms with Crippen molar-refractivity contribution in [3.05, 3.63) is 24.3 Å². The fourth-order valence-electron chi connectivity index (χ4n) is 3.84. The van der Waals surface area contributed by atoms with Gasteiger partial charge in [-0.3, -0.25) is 4.79 Å². The third kappa shape index (κ3) is 4.90. The summed E-state index contributed by atoms with van der Waals surface area (Å²) in [7, 11) is 1.60. The van der Waals surface area contributed by atoms with Crippen LogP contribution in [0.5, 0.6) is 5.75 Å². The van der Waals surface area contributed by atoms with Crippen LogP contribution in [0.15, 0.2) is 24.3 Å². The Morgan fingerprint density at radius 2 is 1.92 bits per heavy atom. The summed E-state index contributed by atoms with van der Waals surface area (Å²) in [5.41, 5.74) is 0.697. The van der Waals surface area contributed by atoms with Gasteiger partial charge in [0, 0.05) is 30.9 Å². The predicted molar refractivity (Wildman–Crippen MR) is 101 cm³/mol. The van der Waals surface area contributed by atoms with Crippen LogP contribution in [0.25, 0.3) is 0 Å². The fourth-order valence-corrected chi connectivity index (χ4v) is 3.84. The van der Waals surface area contributed by atoms with Crippen LogP contribution in [0.3, 0.4) is 0 Å². The number of ether oxygens (including phenoxy) is 1. The van der Waals surface area contributed by atoms with Crippen LogP contribution < -0.4 is 15.4 Å². The van der Waals surface area contributed by atoms with E-state index >= 15 is 0 Å². The topological polar surface area (TPSA) is 70.7 Å². The SMILES string of the molecule is COc1cccc(NC(=O)N2CCC[C@H](C(=O)NC3CCCCC3)C2)c1. The number of carbonyl (C=O) groups excluding carboxylic acids is 2. The lowest BCUT2D eigenvalue weighted by atomic mass is 9.93. The van der Waals surface area contributed by atoms with Gasteiger partial charge in [-0.25, -0.2) is 4.79 Å². The summed E-state index contributed by atoms with van der Waals surface area (Å²) in [6.07, 6.45) is 7.54. The minimum Gasteiger partial charge on any atom is -0.497 e. The van der Waals surface area contributed by atoms with Gasteiger partial charge in [-0.2, -0.15) is 0 Å².